The highest BCUT2D eigenvalue weighted by Gasteiger charge is 2.14. The Bertz CT molecular complexity index is 348. The summed E-state index contributed by atoms with van der Waals surface area (Å²) in [5, 5.41) is 9.42. The van der Waals surface area contributed by atoms with Crippen LogP contribution in [0.1, 0.15) is 37.9 Å². The van der Waals surface area contributed by atoms with E-state index in [1.54, 1.807) is 6.92 Å². The zero-order valence-corrected chi connectivity index (χ0v) is 10.4. The summed E-state index contributed by atoms with van der Waals surface area (Å²) >= 11 is 0. The molecule has 16 heavy (non-hydrogen) atoms. The first kappa shape index (κ1) is 13.0. The third-order valence-corrected chi connectivity index (χ3v) is 2.65. The monoisotopic (exact) mass is 223 g/mol. The van der Waals surface area contributed by atoms with Crippen molar-refractivity contribution in [3.05, 3.63) is 29.3 Å². The van der Waals surface area contributed by atoms with Crippen molar-refractivity contribution in [2.45, 2.75) is 45.9 Å². The molecule has 90 valence electrons. The minimum atomic E-state index is -0.499. The van der Waals surface area contributed by atoms with E-state index in [1.807, 2.05) is 39.0 Å². The fourth-order valence-corrected chi connectivity index (χ4v) is 1.42. The molecule has 0 radical (unpaired) electrons. The highest BCUT2D eigenvalue weighted by molar-refractivity contribution is 5.39. The van der Waals surface area contributed by atoms with Crippen molar-refractivity contribution in [3.63, 3.8) is 0 Å². The molecule has 0 aliphatic carbocycles. The minimum Gasteiger partial charge on any atom is -0.488 e. The summed E-state index contributed by atoms with van der Waals surface area (Å²) in [5.74, 6) is 0.767. The summed E-state index contributed by atoms with van der Waals surface area (Å²) in [6.45, 7) is 7.49. The maximum atomic E-state index is 9.42. The molecule has 0 bridgehead atoms. The second kappa shape index (κ2) is 5.32. The molecule has 1 aromatic carbocycles. The molecule has 3 heteroatoms. The number of benzene rings is 1. The van der Waals surface area contributed by atoms with Gasteiger partial charge >= 0.3 is 0 Å². The first-order valence-corrected chi connectivity index (χ1v) is 5.62. The first-order chi connectivity index (χ1) is 7.41. The zero-order valence-electron chi connectivity index (χ0n) is 10.4. The van der Waals surface area contributed by atoms with E-state index >= 15 is 0 Å². The number of rotatable bonds is 4. The summed E-state index contributed by atoms with van der Waals surface area (Å²) < 4.78 is 5.72. The van der Waals surface area contributed by atoms with E-state index in [0.717, 1.165) is 16.9 Å². The smallest absolute Gasteiger partial charge is 0.124 e. The van der Waals surface area contributed by atoms with Crippen molar-refractivity contribution < 1.29 is 9.84 Å². The molecule has 2 unspecified atom stereocenters. The lowest BCUT2D eigenvalue weighted by Gasteiger charge is -2.21. The van der Waals surface area contributed by atoms with Crippen molar-refractivity contribution in [2.75, 3.05) is 0 Å². The van der Waals surface area contributed by atoms with Crippen LogP contribution >= 0.6 is 0 Å². The molecule has 0 spiro atoms. The van der Waals surface area contributed by atoms with Crippen LogP contribution in [0, 0.1) is 6.92 Å². The number of hydrogen-bond acceptors (Lipinski definition) is 3. The van der Waals surface area contributed by atoms with Crippen molar-refractivity contribution >= 4 is 0 Å². The van der Waals surface area contributed by atoms with Gasteiger partial charge in [-0.15, -0.1) is 0 Å². The molecule has 0 heterocycles. The number of hydrogen-bond donors (Lipinski definition) is 2. The van der Waals surface area contributed by atoms with Gasteiger partial charge in [-0.3, -0.25) is 0 Å². The van der Waals surface area contributed by atoms with Gasteiger partial charge in [-0.05, 0) is 39.3 Å². The van der Waals surface area contributed by atoms with Crippen LogP contribution in [-0.2, 0) is 0 Å². The third kappa shape index (κ3) is 3.22. The van der Waals surface area contributed by atoms with Gasteiger partial charge in [0.05, 0.1) is 6.10 Å². The van der Waals surface area contributed by atoms with Crippen LogP contribution in [0.25, 0.3) is 0 Å². The van der Waals surface area contributed by atoms with Gasteiger partial charge in [0, 0.05) is 11.6 Å². The maximum absolute atomic E-state index is 9.42. The summed E-state index contributed by atoms with van der Waals surface area (Å²) in [7, 11) is 0. The van der Waals surface area contributed by atoms with E-state index in [0.29, 0.717) is 0 Å². The number of nitrogens with two attached hydrogens (primary N) is 1. The lowest BCUT2D eigenvalue weighted by Crippen LogP contribution is -2.26. The lowest BCUT2D eigenvalue weighted by atomic mass is 10.1. The van der Waals surface area contributed by atoms with Crippen LogP contribution in [0.4, 0.5) is 0 Å². The van der Waals surface area contributed by atoms with Gasteiger partial charge in [0.15, 0.2) is 0 Å². The second-order valence-electron chi connectivity index (χ2n) is 4.39. The number of ether oxygens (including phenoxy) is 1. The van der Waals surface area contributed by atoms with Crippen molar-refractivity contribution in [2.24, 2.45) is 5.73 Å². The Morgan fingerprint density at radius 2 is 1.88 bits per heavy atom. The Balaban J connectivity index is 2.96. The van der Waals surface area contributed by atoms with Gasteiger partial charge in [0.1, 0.15) is 11.9 Å². The van der Waals surface area contributed by atoms with Crippen LogP contribution in [-0.4, -0.2) is 17.3 Å². The van der Waals surface area contributed by atoms with Crippen LogP contribution in [0.2, 0.25) is 0 Å². The Morgan fingerprint density at radius 1 is 1.25 bits per heavy atom. The van der Waals surface area contributed by atoms with E-state index in [2.05, 4.69) is 0 Å². The van der Waals surface area contributed by atoms with Gasteiger partial charge in [0.2, 0.25) is 0 Å². The van der Waals surface area contributed by atoms with Crippen molar-refractivity contribution in [1.29, 1.82) is 0 Å². The van der Waals surface area contributed by atoms with Crippen LogP contribution in [0.3, 0.4) is 0 Å². The Labute approximate surface area is 97.2 Å². The molecule has 0 aliphatic rings. The molecule has 3 nitrogen and oxygen atoms in total. The molecule has 0 saturated heterocycles. The van der Waals surface area contributed by atoms with Crippen LogP contribution in [0.15, 0.2) is 18.2 Å². The Hall–Kier alpha value is -1.06. The highest BCUT2D eigenvalue weighted by Crippen LogP contribution is 2.26. The molecule has 1 aromatic rings. The third-order valence-electron chi connectivity index (χ3n) is 2.65. The summed E-state index contributed by atoms with van der Waals surface area (Å²) in [6, 6.07) is 5.87. The van der Waals surface area contributed by atoms with E-state index in [9.17, 15) is 5.11 Å². The predicted octanol–water partition coefficient (Wildman–Crippen LogP) is 2.16. The number of aliphatic hydroxyl groups is 1. The fourth-order valence-electron chi connectivity index (χ4n) is 1.42. The Morgan fingerprint density at radius 3 is 2.38 bits per heavy atom. The lowest BCUT2D eigenvalue weighted by molar-refractivity contribution is 0.0596. The first-order valence-electron chi connectivity index (χ1n) is 5.62. The normalized spacial score (nSPS) is 16.6. The van der Waals surface area contributed by atoms with Crippen LogP contribution in [0.5, 0.6) is 5.75 Å². The molecule has 0 fully saturated rings. The molecular weight excluding hydrogens is 202 g/mol. The van der Waals surface area contributed by atoms with E-state index < -0.39 is 6.10 Å². The highest BCUT2D eigenvalue weighted by atomic mass is 16.5. The van der Waals surface area contributed by atoms with Crippen LogP contribution < -0.4 is 10.5 Å². The zero-order chi connectivity index (χ0) is 12.3. The van der Waals surface area contributed by atoms with Crippen molar-refractivity contribution in [1.82, 2.24) is 0 Å². The SMILES string of the molecule is Cc1ccc([C@H](C)N)c(OC(C)C(C)O)c1. The maximum Gasteiger partial charge on any atom is 0.124 e. The van der Waals surface area contributed by atoms with Crippen molar-refractivity contribution in [3.8, 4) is 5.75 Å². The van der Waals surface area contributed by atoms with E-state index in [4.69, 9.17) is 10.5 Å². The minimum absolute atomic E-state index is 0.0724. The molecule has 0 saturated carbocycles. The molecular formula is C13H21NO2. The second-order valence-corrected chi connectivity index (χ2v) is 4.39. The number of aryl methyl sites for hydroxylation is 1. The predicted molar refractivity (Wildman–Crippen MR) is 65.6 cm³/mol. The molecule has 0 amide bonds. The molecule has 3 N–H and O–H groups in total. The standard InChI is InChI=1S/C13H21NO2/c1-8-5-6-12(9(2)14)13(7-8)16-11(4)10(3)15/h5-7,9-11,15H,14H2,1-4H3/t9-,10?,11?/m0/s1. The molecule has 0 aliphatic heterocycles. The fraction of sp³-hybridized carbons (Fsp3) is 0.538. The van der Waals surface area contributed by atoms with Gasteiger partial charge in [-0.2, -0.15) is 0 Å². The topological polar surface area (TPSA) is 55.5 Å². The number of aliphatic hydroxyl groups excluding tert-OH is 1. The average molecular weight is 223 g/mol. The van der Waals surface area contributed by atoms with E-state index in [1.165, 1.54) is 0 Å². The quantitative estimate of drug-likeness (QED) is 0.822. The summed E-state index contributed by atoms with van der Waals surface area (Å²) in [5.41, 5.74) is 7.97. The average Bonchev–Trinajstić information content (AvgIpc) is 2.16. The molecule has 1 rings (SSSR count). The Kier molecular flexibility index (Phi) is 4.33. The molecule has 3 atom stereocenters. The summed E-state index contributed by atoms with van der Waals surface area (Å²) in [6.07, 6.45) is -0.735. The van der Waals surface area contributed by atoms with Gasteiger partial charge in [0.25, 0.3) is 0 Å². The molecule has 0 aromatic heterocycles. The van der Waals surface area contributed by atoms with E-state index in [-0.39, 0.29) is 12.1 Å². The largest absolute Gasteiger partial charge is 0.488 e. The van der Waals surface area contributed by atoms with Gasteiger partial charge in [-0.1, -0.05) is 12.1 Å². The van der Waals surface area contributed by atoms with Gasteiger partial charge < -0.3 is 15.6 Å². The summed E-state index contributed by atoms with van der Waals surface area (Å²) in [4.78, 5) is 0. The van der Waals surface area contributed by atoms with Gasteiger partial charge in [-0.25, -0.2) is 0 Å².